The molecule has 0 fully saturated rings. The molecule has 0 heterocycles. The molecule has 6 heteroatoms. The van der Waals surface area contributed by atoms with Crippen LogP contribution in [0.25, 0.3) is 0 Å². The number of amides is 1. The summed E-state index contributed by atoms with van der Waals surface area (Å²) < 4.78 is 10.5. The molecule has 0 bridgehead atoms. The van der Waals surface area contributed by atoms with Crippen molar-refractivity contribution in [3.05, 3.63) is 82.9 Å². The van der Waals surface area contributed by atoms with E-state index in [1.54, 1.807) is 37.4 Å². The average Bonchev–Trinajstić information content (AvgIpc) is 2.73. The first kappa shape index (κ1) is 19.6. The van der Waals surface area contributed by atoms with Crippen LogP contribution in [-0.2, 0) is 6.54 Å². The predicted octanol–water partition coefficient (Wildman–Crippen LogP) is 5.22. The van der Waals surface area contributed by atoms with Gasteiger partial charge < -0.3 is 20.1 Å². The minimum absolute atomic E-state index is 0.272. The van der Waals surface area contributed by atoms with Gasteiger partial charge in [-0.25, -0.2) is 0 Å². The van der Waals surface area contributed by atoms with Crippen molar-refractivity contribution in [3.63, 3.8) is 0 Å². The maximum absolute atomic E-state index is 12.7. The van der Waals surface area contributed by atoms with Gasteiger partial charge in [-0.1, -0.05) is 41.9 Å². The number of carbonyl (C=O) groups excluding carboxylic acids is 1. The molecule has 144 valence electrons. The molecule has 3 rings (SSSR count). The first-order valence-electron chi connectivity index (χ1n) is 8.71. The van der Waals surface area contributed by atoms with E-state index in [0.717, 1.165) is 11.3 Å². The van der Waals surface area contributed by atoms with E-state index >= 15 is 0 Å². The van der Waals surface area contributed by atoms with E-state index in [1.807, 2.05) is 36.4 Å². The van der Waals surface area contributed by atoms with E-state index in [1.165, 1.54) is 7.11 Å². The van der Waals surface area contributed by atoms with Gasteiger partial charge in [-0.15, -0.1) is 0 Å². The molecule has 2 N–H and O–H groups in total. The minimum atomic E-state index is -0.272. The summed E-state index contributed by atoms with van der Waals surface area (Å²) in [5, 5.41) is 6.78. The first-order chi connectivity index (χ1) is 13.6. The SMILES string of the molecule is COc1ccc(C(=O)Nc2cc(Cl)ccc2NCc2ccccc2)cc1OC. The predicted molar refractivity (Wildman–Crippen MR) is 113 cm³/mol. The lowest BCUT2D eigenvalue weighted by atomic mass is 10.1. The zero-order valence-corrected chi connectivity index (χ0v) is 16.4. The number of ether oxygens (including phenoxy) is 2. The van der Waals surface area contributed by atoms with Gasteiger partial charge in [0.05, 0.1) is 25.6 Å². The maximum atomic E-state index is 12.7. The fourth-order valence-corrected chi connectivity index (χ4v) is 2.91. The molecule has 0 radical (unpaired) electrons. The summed E-state index contributed by atoms with van der Waals surface area (Å²) in [6.07, 6.45) is 0. The van der Waals surface area contributed by atoms with E-state index < -0.39 is 0 Å². The van der Waals surface area contributed by atoms with Crippen LogP contribution in [0.15, 0.2) is 66.7 Å². The molecule has 0 aromatic heterocycles. The van der Waals surface area contributed by atoms with Crippen molar-refractivity contribution in [1.82, 2.24) is 0 Å². The summed E-state index contributed by atoms with van der Waals surface area (Å²) in [5.74, 6) is 0.779. The van der Waals surface area contributed by atoms with Gasteiger partial charge in [-0.3, -0.25) is 4.79 Å². The Bertz CT molecular complexity index is 961. The minimum Gasteiger partial charge on any atom is -0.493 e. The number of hydrogen-bond donors (Lipinski definition) is 2. The highest BCUT2D eigenvalue weighted by Gasteiger charge is 2.13. The van der Waals surface area contributed by atoms with Crippen molar-refractivity contribution in [2.24, 2.45) is 0 Å². The number of rotatable bonds is 7. The highest BCUT2D eigenvalue weighted by atomic mass is 35.5. The van der Waals surface area contributed by atoms with Crippen LogP contribution < -0.4 is 20.1 Å². The van der Waals surface area contributed by atoms with Crippen molar-refractivity contribution in [3.8, 4) is 11.5 Å². The standard InChI is InChI=1S/C22H21ClN2O3/c1-27-20-11-8-16(12-21(20)28-2)22(26)25-19-13-17(23)9-10-18(19)24-14-15-6-4-3-5-7-15/h3-13,24H,14H2,1-2H3,(H,25,26). The van der Waals surface area contributed by atoms with Gasteiger partial charge in [0.2, 0.25) is 0 Å². The lowest BCUT2D eigenvalue weighted by Gasteiger charge is -2.15. The molecule has 0 aliphatic rings. The second kappa shape index (κ2) is 9.15. The van der Waals surface area contributed by atoms with Gasteiger partial charge >= 0.3 is 0 Å². The number of hydrogen-bond acceptors (Lipinski definition) is 4. The van der Waals surface area contributed by atoms with Gasteiger partial charge in [0, 0.05) is 17.1 Å². The second-order valence-corrected chi connectivity index (χ2v) is 6.49. The number of nitrogens with one attached hydrogen (secondary N) is 2. The number of benzene rings is 3. The molecule has 0 atom stereocenters. The number of halogens is 1. The van der Waals surface area contributed by atoms with Crippen LogP contribution in [0.5, 0.6) is 11.5 Å². The fraction of sp³-hybridized carbons (Fsp3) is 0.136. The van der Waals surface area contributed by atoms with Crippen LogP contribution in [0.4, 0.5) is 11.4 Å². The quantitative estimate of drug-likeness (QED) is 0.574. The Morgan fingerprint density at radius 3 is 2.36 bits per heavy atom. The van der Waals surface area contributed by atoms with E-state index in [0.29, 0.717) is 34.3 Å². The van der Waals surface area contributed by atoms with Crippen LogP contribution in [-0.4, -0.2) is 20.1 Å². The van der Waals surface area contributed by atoms with Crippen LogP contribution in [0.1, 0.15) is 15.9 Å². The summed E-state index contributed by atoms with van der Waals surface area (Å²) >= 11 is 6.14. The van der Waals surface area contributed by atoms with Crippen molar-refractivity contribution < 1.29 is 14.3 Å². The van der Waals surface area contributed by atoms with Crippen LogP contribution in [0.3, 0.4) is 0 Å². The Hall–Kier alpha value is -3.18. The van der Waals surface area contributed by atoms with Gasteiger partial charge in [0.15, 0.2) is 11.5 Å². The molecular formula is C22H21ClN2O3. The normalized spacial score (nSPS) is 10.2. The van der Waals surface area contributed by atoms with E-state index in [4.69, 9.17) is 21.1 Å². The Balaban J connectivity index is 1.79. The van der Waals surface area contributed by atoms with E-state index in [9.17, 15) is 4.79 Å². The van der Waals surface area contributed by atoms with E-state index in [-0.39, 0.29) is 5.91 Å². The highest BCUT2D eigenvalue weighted by Crippen LogP contribution is 2.30. The average molecular weight is 397 g/mol. The lowest BCUT2D eigenvalue weighted by Crippen LogP contribution is -2.14. The smallest absolute Gasteiger partial charge is 0.255 e. The van der Waals surface area contributed by atoms with Crippen molar-refractivity contribution >= 4 is 28.9 Å². The van der Waals surface area contributed by atoms with Crippen molar-refractivity contribution in [2.75, 3.05) is 24.9 Å². The zero-order valence-electron chi connectivity index (χ0n) is 15.7. The third-order valence-electron chi connectivity index (χ3n) is 4.20. The summed E-state index contributed by atoms with van der Waals surface area (Å²) in [6, 6.07) is 20.4. The van der Waals surface area contributed by atoms with E-state index in [2.05, 4.69) is 10.6 Å². The molecular weight excluding hydrogens is 376 g/mol. The number of carbonyl (C=O) groups is 1. The van der Waals surface area contributed by atoms with Gasteiger partial charge in [0.25, 0.3) is 5.91 Å². The first-order valence-corrected chi connectivity index (χ1v) is 9.09. The molecule has 0 saturated carbocycles. The molecule has 0 unspecified atom stereocenters. The van der Waals surface area contributed by atoms with Gasteiger partial charge in [0.1, 0.15) is 0 Å². The molecule has 3 aromatic carbocycles. The molecule has 5 nitrogen and oxygen atoms in total. The Morgan fingerprint density at radius 1 is 0.893 bits per heavy atom. The summed E-state index contributed by atoms with van der Waals surface area (Å²) in [4.78, 5) is 12.7. The summed E-state index contributed by atoms with van der Waals surface area (Å²) in [7, 11) is 3.08. The Morgan fingerprint density at radius 2 is 1.64 bits per heavy atom. The lowest BCUT2D eigenvalue weighted by molar-refractivity contribution is 0.102. The van der Waals surface area contributed by atoms with Gasteiger partial charge in [-0.05, 0) is 42.0 Å². The van der Waals surface area contributed by atoms with Crippen molar-refractivity contribution in [2.45, 2.75) is 6.54 Å². The number of methoxy groups -OCH3 is 2. The summed E-state index contributed by atoms with van der Waals surface area (Å²) in [6.45, 7) is 0.627. The molecule has 0 aliphatic heterocycles. The van der Waals surface area contributed by atoms with Crippen molar-refractivity contribution in [1.29, 1.82) is 0 Å². The maximum Gasteiger partial charge on any atom is 0.255 e. The largest absolute Gasteiger partial charge is 0.493 e. The molecule has 0 spiro atoms. The topological polar surface area (TPSA) is 59.6 Å². The fourth-order valence-electron chi connectivity index (χ4n) is 2.74. The van der Waals surface area contributed by atoms with Gasteiger partial charge in [-0.2, -0.15) is 0 Å². The zero-order chi connectivity index (χ0) is 19.9. The molecule has 0 aliphatic carbocycles. The second-order valence-electron chi connectivity index (χ2n) is 6.05. The molecule has 0 saturated heterocycles. The number of anilines is 2. The molecule has 3 aromatic rings. The monoisotopic (exact) mass is 396 g/mol. The third kappa shape index (κ3) is 4.75. The van der Waals surface area contributed by atoms with Crippen LogP contribution in [0.2, 0.25) is 5.02 Å². The molecule has 1 amide bonds. The molecule has 28 heavy (non-hydrogen) atoms. The highest BCUT2D eigenvalue weighted by molar-refractivity contribution is 6.31. The summed E-state index contributed by atoms with van der Waals surface area (Å²) in [5.41, 5.74) is 2.96. The Kier molecular flexibility index (Phi) is 6.40. The van der Waals surface area contributed by atoms with Crippen LogP contribution >= 0.6 is 11.6 Å². The van der Waals surface area contributed by atoms with Crippen LogP contribution in [0, 0.1) is 0 Å². The Labute approximate surface area is 169 Å². The third-order valence-corrected chi connectivity index (χ3v) is 4.44.